The predicted molar refractivity (Wildman–Crippen MR) is 92.6 cm³/mol. The number of nitrogens with one attached hydrogen (secondary N) is 2. The van der Waals surface area contributed by atoms with E-state index in [1.807, 2.05) is 18.2 Å². The van der Waals surface area contributed by atoms with Crippen LogP contribution in [-0.2, 0) is 17.8 Å². The highest BCUT2D eigenvalue weighted by molar-refractivity contribution is 8.00. The molecule has 0 aliphatic carbocycles. The van der Waals surface area contributed by atoms with E-state index >= 15 is 0 Å². The number of benzene rings is 1. The lowest BCUT2D eigenvalue weighted by Gasteiger charge is -2.19. The fourth-order valence-corrected chi connectivity index (χ4v) is 3.08. The van der Waals surface area contributed by atoms with Crippen molar-refractivity contribution in [3.63, 3.8) is 0 Å². The Morgan fingerprint density at radius 2 is 2.09 bits per heavy atom. The number of hydrogen-bond acceptors (Lipinski definition) is 4. The maximum absolute atomic E-state index is 14.4. The first kappa shape index (κ1) is 17.7. The van der Waals surface area contributed by atoms with Crippen LogP contribution in [0.1, 0.15) is 11.1 Å². The second-order valence-corrected chi connectivity index (χ2v) is 6.06. The van der Waals surface area contributed by atoms with E-state index in [0.29, 0.717) is 18.5 Å². The number of rotatable bonds is 4. The minimum Gasteiger partial charge on any atom is -0.323 e. The van der Waals surface area contributed by atoms with Crippen LogP contribution in [0.15, 0.2) is 41.6 Å². The van der Waals surface area contributed by atoms with E-state index in [1.54, 1.807) is 18.5 Å². The Labute approximate surface area is 144 Å². The molecule has 3 rings (SSSR count). The van der Waals surface area contributed by atoms with E-state index in [9.17, 15) is 9.18 Å². The summed E-state index contributed by atoms with van der Waals surface area (Å²) < 4.78 is 14.4. The third-order valence-electron chi connectivity index (χ3n) is 3.50. The minimum atomic E-state index is -0.304. The molecule has 2 aromatic rings. The normalized spacial score (nSPS) is 12.9. The van der Waals surface area contributed by atoms with Gasteiger partial charge in [-0.25, -0.2) is 4.39 Å². The zero-order valence-electron chi connectivity index (χ0n) is 12.3. The lowest BCUT2D eigenvalue weighted by atomic mass is 9.99. The highest BCUT2D eigenvalue weighted by atomic mass is 35.5. The molecule has 1 aromatic heterocycles. The Hall–Kier alpha value is -1.63. The molecule has 4 nitrogen and oxygen atoms in total. The quantitative estimate of drug-likeness (QED) is 0.830. The molecular formula is C16H17ClFN3OS. The third-order valence-corrected chi connectivity index (χ3v) is 4.51. The molecule has 1 aromatic carbocycles. The van der Waals surface area contributed by atoms with E-state index in [1.165, 1.54) is 11.8 Å². The highest BCUT2D eigenvalue weighted by Crippen LogP contribution is 2.25. The molecule has 0 unspecified atom stereocenters. The molecule has 0 atom stereocenters. The van der Waals surface area contributed by atoms with Gasteiger partial charge in [0.05, 0.1) is 11.4 Å². The SMILES string of the molecule is Cl.O=C(CSc1ccncc1)Nc1ccc2c(c1F)CCNC2. The largest absolute Gasteiger partial charge is 0.323 e. The van der Waals surface area contributed by atoms with Crippen LogP contribution in [-0.4, -0.2) is 23.2 Å². The minimum absolute atomic E-state index is 0. The van der Waals surface area contributed by atoms with Gasteiger partial charge in [-0.05, 0) is 42.3 Å². The van der Waals surface area contributed by atoms with Crippen molar-refractivity contribution in [2.24, 2.45) is 0 Å². The zero-order valence-corrected chi connectivity index (χ0v) is 14.0. The van der Waals surface area contributed by atoms with Gasteiger partial charge in [0.2, 0.25) is 5.91 Å². The van der Waals surface area contributed by atoms with Crippen molar-refractivity contribution in [1.29, 1.82) is 0 Å². The molecule has 1 amide bonds. The Morgan fingerprint density at radius 1 is 1.30 bits per heavy atom. The third kappa shape index (κ3) is 4.43. The number of carbonyl (C=O) groups is 1. The average Bonchev–Trinajstić information content (AvgIpc) is 2.57. The van der Waals surface area contributed by atoms with E-state index in [-0.39, 0.29) is 35.6 Å². The first-order valence-corrected chi connectivity index (χ1v) is 8.06. The monoisotopic (exact) mass is 353 g/mol. The number of amides is 1. The summed E-state index contributed by atoms with van der Waals surface area (Å²) in [5.41, 5.74) is 1.94. The number of aromatic nitrogens is 1. The van der Waals surface area contributed by atoms with Gasteiger partial charge in [-0.1, -0.05) is 6.07 Å². The summed E-state index contributed by atoms with van der Waals surface area (Å²) in [6.45, 7) is 1.44. The maximum atomic E-state index is 14.4. The molecular weight excluding hydrogens is 337 g/mol. The van der Waals surface area contributed by atoms with Crippen molar-refractivity contribution in [2.75, 3.05) is 17.6 Å². The van der Waals surface area contributed by atoms with Crippen LogP contribution < -0.4 is 10.6 Å². The van der Waals surface area contributed by atoms with Gasteiger partial charge in [0, 0.05) is 23.8 Å². The highest BCUT2D eigenvalue weighted by Gasteiger charge is 2.17. The van der Waals surface area contributed by atoms with Gasteiger partial charge in [0.15, 0.2) is 0 Å². The molecule has 2 heterocycles. The summed E-state index contributed by atoms with van der Waals surface area (Å²) in [7, 11) is 0. The Morgan fingerprint density at radius 3 is 2.87 bits per heavy atom. The van der Waals surface area contributed by atoms with Gasteiger partial charge < -0.3 is 10.6 Å². The number of anilines is 1. The Kier molecular flexibility index (Phi) is 6.38. The van der Waals surface area contributed by atoms with Gasteiger partial charge in [-0.3, -0.25) is 9.78 Å². The van der Waals surface area contributed by atoms with Crippen molar-refractivity contribution in [1.82, 2.24) is 10.3 Å². The lowest BCUT2D eigenvalue weighted by Crippen LogP contribution is -2.25. The van der Waals surface area contributed by atoms with Crippen LogP contribution in [0.3, 0.4) is 0 Å². The fourth-order valence-electron chi connectivity index (χ4n) is 2.40. The maximum Gasteiger partial charge on any atom is 0.234 e. The second kappa shape index (κ2) is 8.29. The summed E-state index contributed by atoms with van der Waals surface area (Å²) >= 11 is 1.40. The van der Waals surface area contributed by atoms with Crippen molar-refractivity contribution >= 4 is 35.8 Å². The molecule has 122 valence electrons. The number of fused-ring (bicyclic) bond motifs is 1. The van der Waals surface area contributed by atoms with Crippen molar-refractivity contribution in [2.45, 2.75) is 17.9 Å². The molecule has 1 aliphatic rings. The second-order valence-electron chi connectivity index (χ2n) is 5.01. The Balaban J connectivity index is 0.00000192. The van der Waals surface area contributed by atoms with Crippen molar-refractivity contribution < 1.29 is 9.18 Å². The van der Waals surface area contributed by atoms with Gasteiger partial charge in [0.1, 0.15) is 5.82 Å². The molecule has 2 N–H and O–H groups in total. The van der Waals surface area contributed by atoms with Gasteiger partial charge in [-0.2, -0.15) is 0 Å². The Bertz CT molecular complexity index is 685. The average molecular weight is 354 g/mol. The van der Waals surface area contributed by atoms with Crippen LogP contribution in [0, 0.1) is 5.82 Å². The van der Waals surface area contributed by atoms with Gasteiger partial charge >= 0.3 is 0 Å². The van der Waals surface area contributed by atoms with Crippen LogP contribution in [0.5, 0.6) is 0 Å². The number of hydrogen-bond donors (Lipinski definition) is 2. The number of nitrogens with zero attached hydrogens (tertiary/aromatic N) is 1. The van der Waals surface area contributed by atoms with E-state index in [0.717, 1.165) is 17.0 Å². The van der Waals surface area contributed by atoms with Crippen LogP contribution in [0.2, 0.25) is 0 Å². The standard InChI is InChI=1S/C16H16FN3OS.ClH/c17-16-13-5-8-19-9-11(13)1-2-14(16)20-15(21)10-22-12-3-6-18-7-4-12;/h1-4,6-7,19H,5,8-10H2,(H,20,21);1H. The van der Waals surface area contributed by atoms with E-state index in [4.69, 9.17) is 0 Å². The summed E-state index contributed by atoms with van der Waals surface area (Å²) in [5, 5.41) is 5.86. The summed E-state index contributed by atoms with van der Waals surface area (Å²) in [6, 6.07) is 7.18. The van der Waals surface area contributed by atoms with Crippen LogP contribution in [0.4, 0.5) is 10.1 Å². The van der Waals surface area contributed by atoms with Gasteiger partial charge in [-0.15, -0.1) is 24.2 Å². The molecule has 0 saturated heterocycles. The summed E-state index contributed by atoms with van der Waals surface area (Å²) in [5.74, 6) is -0.280. The smallest absolute Gasteiger partial charge is 0.234 e. The predicted octanol–water partition coefficient (Wildman–Crippen LogP) is 3.02. The lowest BCUT2D eigenvalue weighted by molar-refractivity contribution is -0.113. The number of carbonyl (C=O) groups excluding carboxylic acids is 1. The fraction of sp³-hybridized carbons (Fsp3) is 0.250. The molecule has 23 heavy (non-hydrogen) atoms. The molecule has 0 saturated carbocycles. The van der Waals surface area contributed by atoms with Crippen molar-refractivity contribution in [3.05, 3.63) is 53.6 Å². The molecule has 0 fully saturated rings. The molecule has 1 aliphatic heterocycles. The summed E-state index contributed by atoms with van der Waals surface area (Å²) in [4.78, 5) is 16.9. The number of thioether (sulfide) groups is 1. The molecule has 0 bridgehead atoms. The zero-order chi connectivity index (χ0) is 15.4. The first-order valence-electron chi connectivity index (χ1n) is 7.07. The topological polar surface area (TPSA) is 54.0 Å². The number of pyridine rings is 1. The molecule has 0 radical (unpaired) electrons. The van der Waals surface area contributed by atoms with Crippen LogP contribution in [0.25, 0.3) is 0 Å². The summed E-state index contributed by atoms with van der Waals surface area (Å²) in [6.07, 6.45) is 4.01. The first-order chi connectivity index (χ1) is 10.7. The van der Waals surface area contributed by atoms with E-state index < -0.39 is 0 Å². The molecule has 7 heteroatoms. The molecule has 0 spiro atoms. The van der Waals surface area contributed by atoms with Crippen LogP contribution >= 0.6 is 24.2 Å². The number of halogens is 2. The van der Waals surface area contributed by atoms with Gasteiger partial charge in [0.25, 0.3) is 0 Å². The van der Waals surface area contributed by atoms with Crippen molar-refractivity contribution in [3.8, 4) is 0 Å². The van der Waals surface area contributed by atoms with E-state index in [2.05, 4.69) is 15.6 Å².